The maximum Gasteiger partial charge on any atom is 0.0684 e. The molecule has 0 aromatic heterocycles. The molecule has 0 aromatic rings. The molecule has 0 aliphatic heterocycles. The molecule has 1 fully saturated rings. The molecular weight excluding hydrogens is 148 g/mol. The van der Waals surface area contributed by atoms with E-state index in [-0.39, 0.29) is 5.41 Å². The van der Waals surface area contributed by atoms with Crippen molar-refractivity contribution in [1.82, 2.24) is 5.32 Å². The molecule has 2 nitrogen and oxygen atoms in total. The van der Waals surface area contributed by atoms with E-state index in [1.54, 1.807) is 0 Å². The Balaban J connectivity index is 2.14. The van der Waals surface area contributed by atoms with Gasteiger partial charge >= 0.3 is 0 Å². The minimum Gasteiger partial charge on any atom is -0.311 e. The van der Waals surface area contributed by atoms with Gasteiger partial charge in [-0.25, -0.2) is 0 Å². The van der Waals surface area contributed by atoms with Crippen molar-refractivity contribution < 1.29 is 0 Å². The zero-order valence-corrected chi connectivity index (χ0v) is 8.28. The van der Waals surface area contributed by atoms with Gasteiger partial charge in [0, 0.05) is 5.54 Å². The molecule has 0 amide bonds. The van der Waals surface area contributed by atoms with E-state index in [0.29, 0.717) is 5.54 Å². The third kappa shape index (κ3) is 2.83. The fraction of sp³-hybridized carbons (Fsp3) is 0.900. The van der Waals surface area contributed by atoms with E-state index >= 15 is 0 Å². The molecule has 0 radical (unpaired) electrons. The van der Waals surface area contributed by atoms with Crippen LogP contribution in [0.25, 0.3) is 0 Å². The third-order valence-electron chi connectivity index (χ3n) is 2.60. The Morgan fingerprint density at radius 3 is 2.50 bits per heavy atom. The summed E-state index contributed by atoms with van der Waals surface area (Å²) in [5.41, 5.74) is 0.240. The second-order valence-corrected chi connectivity index (χ2v) is 4.73. The standard InChI is InChI=1S/C10H18N2/c1-9(2,8-11)6-7-12-10(3)4-5-10/h12H,4-7H2,1-3H3. The Labute approximate surface area is 75.0 Å². The van der Waals surface area contributed by atoms with Crippen LogP contribution in [0.1, 0.15) is 40.0 Å². The van der Waals surface area contributed by atoms with Crippen molar-refractivity contribution in [3.8, 4) is 6.07 Å². The minimum absolute atomic E-state index is 0.168. The van der Waals surface area contributed by atoms with Crippen LogP contribution in [-0.4, -0.2) is 12.1 Å². The molecule has 68 valence electrons. The topological polar surface area (TPSA) is 35.8 Å². The smallest absolute Gasteiger partial charge is 0.0684 e. The SMILES string of the molecule is CC(C)(C#N)CCNC1(C)CC1. The van der Waals surface area contributed by atoms with Gasteiger partial charge in [-0.05, 0) is 46.6 Å². The highest BCUT2D eigenvalue weighted by Gasteiger charge is 2.36. The molecule has 0 bridgehead atoms. The molecule has 1 aliphatic carbocycles. The largest absolute Gasteiger partial charge is 0.311 e. The number of nitriles is 1. The van der Waals surface area contributed by atoms with E-state index in [2.05, 4.69) is 18.3 Å². The summed E-state index contributed by atoms with van der Waals surface area (Å²) in [6.45, 7) is 7.19. The molecule has 1 saturated carbocycles. The Hall–Kier alpha value is -0.550. The Kier molecular flexibility index (Phi) is 2.44. The van der Waals surface area contributed by atoms with E-state index in [0.717, 1.165) is 13.0 Å². The molecule has 1 N–H and O–H groups in total. The van der Waals surface area contributed by atoms with Gasteiger partial charge in [0.2, 0.25) is 0 Å². The quantitative estimate of drug-likeness (QED) is 0.694. The van der Waals surface area contributed by atoms with Gasteiger partial charge in [0.1, 0.15) is 0 Å². The summed E-state index contributed by atoms with van der Waals surface area (Å²) in [7, 11) is 0. The fourth-order valence-electron chi connectivity index (χ4n) is 1.10. The van der Waals surface area contributed by atoms with Crippen LogP contribution in [0.15, 0.2) is 0 Å². The third-order valence-corrected chi connectivity index (χ3v) is 2.60. The first-order chi connectivity index (χ1) is 5.47. The molecule has 0 saturated heterocycles. The van der Waals surface area contributed by atoms with E-state index in [1.807, 2.05) is 13.8 Å². The molecule has 1 rings (SSSR count). The highest BCUT2D eigenvalue weighted by Crippen LogP contribution is 2.34. The van der Waals surface area contributed by atoms with Crippen LogP contribution in [0.3, 0.4) is 0 Å². The zero-order valence-electron chi connectivity index (χ0n) is 8.28. The fourth-order valence-corrected chi connectivity index (χ4v) is 1.10. The number of hydrogen-bond acceptors (Lipinski definition) is 2. The van der Waals surface area contributed by atoms with Gasteiger partial charge in [0.05, 0.1) is 11.5 Å². The predicted octanol–water partition coefficient (Wildman–Crippen LogP) is 2.07. The van der Waals surface area contributed by atoms with Crippen LogP contribution in [0.5, 0.6) is 0 Å². The number of nitrogens with zero attached hydrogens (tertiary/aromatic N) is 1. The number of rotatable bonds is 4. The summed E-state index contributed by atoms with van der Waals surface area (Å²) in [6, 6.07) is 2.31. The molecular formula is C10H18N2. The van der Waals surface area contributed by atoms with E-state index < -0.39 is 0 Å². The van der Waals surface area contributed by atoms with E-state index in [1.165, 1.54) is 12.8 Å². The second-order valence-electron chi connectivity index (χ2n) is 4.73. The van der Waals surface area contributed by atoms with Crippen molar-refractivity contribution in [2.24, 2.45) is 5.41 Å². The summed E-state index contributed by atoms with van der Waals surface area (Å²) in [4.78, 5) is 0. The lowest BCUT2D eigenvalue weighted by atomic mass is 9.91. The van der Waals surface area contributed by atoms with Gasteiger partial charge in [0.25, 0.3) is 0 Å². The normalized spacial score (nSPS) is 20.2. The second kappa shape index (κ2) is 3.06. The lowest BCUT2D eigenvalue weighted by Gasteiger charge is -2.17. The molecule has 0 atom stereocenters. The van der Waals surface area contributed by atoms with Gasteiger partial charge in [-0.15, -0.1) is 0 Å². The molecule has 0 spiro atoms. The van der Waals surface area contributed by atoms with Gasteiger partial charge in [-0.3, -0.25) is 0 Å². The Morgan fingerprint density at radius 2 is 2.08 bits per heavy atom. The molecule has 0 heterocycles. The summed E-state index contributed by atoms with van der Waals surface area (Å²) in [6.07, 6.45) is 3.53. The van der Waals surface area contributed by atoms with Crippen LogP contribution in [0.4, 0.5) is 0 Å². The van der Waals surface area contributed by atoms with E-state index in [9.17, 15) is 0 Å². The number of hydrogen-bond donors (Lipinski definition) is 1. The van der Waals surface area contributed by atoms with Gasteiger partial charge in [-0.2, -0.15) is 5.26 Å². The summed E-state index contributed by atoms with van der Waals surface area (Å²) < 4.78 is 0. The van der Waals surface area contributed by atoms with Gasteiger partial charge in [0.15, 0.2) is 0 Å². The highest BCUT2D eigenvalue weighted by atomic mass is 15.0. The van der Waals surface area contributed by atoms with Crippen molar-refractivity contribution in [2.75, 3.05) is 6.54 Å². The maximum absolute atomic E-state index is 8.76. The first kappa shape index (κ1) is 9.54. The van der Waals surface area contributed by atoms with Gasteiger partial charge in [-0.1, -0.05) is 0 Å². The predicted molar refractivity (Wildman–Crippen MR) is 49.7 cm³/mol. The lowest BCUT2D eigenvalue weighted by molar-refractivity contribution is 0.408. The van der Waals surface area contributed by atoms with Crippen LogP contribution >= 0.6 is 0 Å². The monoisotopic (exact) mass is 166 g/mol. The van der Waals surface area contributed by atoms with E-state index in [4.69, 9.17) is 5.26 Å². The number of nitrogens with one attached hydrogen (secondary N) is 1. The van der Waals surface area contributed by atoms with Crippen LogP contribution in [0.2, 0.25) is 0 Å². The Bertz CT molecular complexity index is 196. The zero-order chi connectivity index (χ0) is 9.24. The molecule has 2 heteroatoms. The van der Waals surface area contributed by atoms with Crippen molar-refractivity contribution in [3.05, 3.63) is 0 Å². The average molecular weight is 166 g/mol. The summed E-state index contributed by atoms with van der Waals surface area (Å²) in [5, 5.41) is 12.2. The van der Waals surface area contributed by atoms with Crippen molar-refractivity contribution >= 4 is 0 Å². The van der Waals surface area contributed by atoms with Crippen molar-refractivity contribution in [2.45, 2.75) is 45.6 Å². The summed E-state index contributed by atoms with van der Waals surface area (Å²) >= 11 is 0. The summed E-state index contributed by atoms with van der Waals surface area (Å²) in [5.74, 6) is 0. The highest BCUT2D eigenvalue weighted by molar-refractivity contribution is 4.98. The Morgan fingerprint density at radius 1 is 1.50 bits per heavy atom. The average Bonchev–Trinajstić information content (AvgIpc) is 2.68. The lowest BCUT2D eigenvalue weighted by Crippen LogP contribution is -2.31. The molecule has 0 unspecified atom stereocenters. The minimum atomic E-state index is -0.168. The van der Waals surface area contributed by atoms with Crippen LogP contribution in [0, 0.1) is 16.7 Å². The maximum atomic E-state index is 8.76. The van der Waals surface area contributed by atoms with Crippen LogP contribution in [-0.2, 0) is 0 Å². The van der Waals surface area contributed by atoms with Gasteiger partial charge < -0.3 is 5.32 Å². The molecule has 0 aromatic carbocycles. The first-order valence-corrected chi connectivity index (χ1v) is 4.64. The first-order valence-electron chi connectivity index (χ1n) is 4.64. The van der Waals surface area contributed by atoms with Crippen LogP contribution < -0.4 is 5.32 Å². The van der Waals surface area contributed by atoms with Crippen molar-refractivity contribution in [1.29, 1.82) is 5.26 Å². The van der Waals surface area contributed by atoms with Crippen molar-refractivity contribution in [3.63, 3.8) is 0 Å². The molecule has 12 heavy (non-hydrogen) atoms. The molecule has 1 aliphatic rings.